The van der Waals surface area contributed by atoms with Crippen molar-refractivity contribution in [2.45, 2.75) is 50.0 Å². The quantitative estimate of drug-likeness (QED) is 0.399. The number of likely N-dealkylation sites (tertiary alicyclic amines) is 1. The number of carbonyl (C=O) groups excluding carboxylic acids is 3. The zero-order chi connectivity index (χ0) is 29.3. The van der Waals surface area contributed by atoms with Gasteiger partial charge in [0.1, 0.15) is 6.10 Å². The third kappa shape index (κ3) is 6.02. The molecule has 1 saturated heterocycles. The molecule has 14 heteroatoms. The van der Waals surface area contributed by atoms with Crippen LogP contribution in [0.1, 0.15) is 31.3 Å². The minimum absolute atomic E-state index is 0.0135. The van der Waals surface area contributed by atoms with Crippen LogP contribution in [-0.2, 0) is 32.5 Å². The van der Waals surface area contributed by atoms with Gasteiger partial charge in [0.25, 0.3) is 5.91 Å². The summed E-state index contributed by atoms with van der Waals surface area (Å²) in [6.07, 6.45) is 0.196. The van der Waals surface area contributed by atoms with Crippen molar-refractivity contribution in [3.8, 4) is 0 Å². The number of hydrogen-bond acceptors (Lipinski definition) is 8. The average Bonchev–Trinajstić information content (AvgIpc) is 3.50. The van der Waals surface area contributed by atoms with Gasteiger partial charge in [0.05, 0.1) is 29.1 Å². The van der Waals surface area contributed by atoms with Crippen molar-refractivity contribution >= 4 is 50.2 Å². The molecule has 0 bridgehead atoms. The molecular weight excluding hydrogens is 574 g/mol. The Morgan fingerprint density at radius 2 is 1.88 bits per heavy atom. The van der Waals surface area contributed by atoms with Gasteiger partial charge in [-0.15, -0.1) is 0 Å². The van der Waals surface area contributed by atoms with Gasteiger partial charge in [-0.25, -0.2) is 27.6 Å². The number of nitrogens with one attached hydrogen (secondary N) is 1. The summed E-state index contributed by atoms with van der Waals surface area (Å²) >= 11 is 6.00. The molecule has 218 valence electrons. The lowest BCUT2D eigenvalue weighted by atomic mass is 10.0. The summed E-state index contributed by atoms with van der Waals surface area (Å²) < 4.78 is 32.5. The summed E-state index contributed by atoms with van der Waals surface area (Å²) in [5.41, 5.74) is 0.681. The molecule has 3 aromatic rings. The van der Waals surface area contributed by atoms with Crippen molar-refractivity contribution in [2.24, 2.45) is 0 Å². The van der Waals surface area contributed by atoms with Crippen LogP contribution >= 0.6 is 11.6 Å². The number of rotatable bonds is 8. The molecule has 1 atom stereocenters. The number of nitrogens with zero attached hydrogens (tertiary/aromatic N) is 4. The highest BCUT2D eigenvalue weighted by molar-refractivity contribution is 7.91. The van der Waals surface area contributed by atoms with Gasteiger partial charge in [-0.3, -0.25) is 4.79 Å². The number of aliphatic hydroxyl groups is 1. The number of aromatic nitrogens is 2. The molecule has 1 aromatic heterocycles. The summed E-state index contributed by atoms with van der Waals surface area (Å²) in [4.78, 5) is 45.1. The highest BCUT2D eigenvalue weighted by Crippen LogP contribution is 2.27. The van der Waals surface area contributed by atoms with Crippen LogP contribution in [0.25, 0.3) is 10.8 Å². The number of benzene rings is 2. The third-order valence-corrected chi connectivity index (χ3v) is 9.30. The van der Waals surface area contributed by atoms with Crippen molar-refractivity contribution in [1.29, 1.82) is 0 Å². The van der Waals surface area contributed by atoms with Crippen LogP contribution in [0.5, 0.6) is 0 Å². The predicted octanol–water partition coefficient (Wildman–Crippen LogP) is 2.55. The fourth-order valence-electron chi connectivity index (χ4n) is 5.23. The molecule has 0 aliphatic carbocycles. The van der Waals surface area contributed by atoms with E-state index in [2.05, 4.69) is 10.3 Å². The lowest BCUT2D eigenvalue weighted by Crippen LogP contribution is -2.50. The lowest BCUT2D eigenvalue weighted by Gasteiger charge is -2.37. The number of ether oxygens (including phenoxy) is 1. The molecule has 3 heterocycles. The van der Waals surface area contributed by atoms with Gasteiger partial charge >= 0.3 is 12.1 Å². The van der Waals surface area contributed by atoms with Gasteiger partial charge in [-0.1, -0.05) is 23.7 Å². The van der Waals surface area contributed by atoms with E-state index in [0.29, 0.717) is 47.9 Å². The molecular formula is C27H30ClN5O7S. The average molecular weight is 604 g/mol. The number of amides is 3. The van der Waals surface area contributed by atoms with Crippen molar-refractivity contribution < 1.29 is 32.6 Å². The van der Waals surface area contributed by atoms with Crippen molar-refractivity contribution in [3.63, 3.8) is 0 Å². The minimum atomic E-state index is -3.95. The van der Waals surface area contributed by atoms with E-state index in [-0.39, 0.29) is 36.7 Å². The SMILES string of the molecule is CCNC(=O)OCc1ncc2n1C(=O)N(C1CCN(C(=O)[C@H](O)CS(=O)(=O)c3ccc4cc(Cl)ccc4c3)CC1)C2. The highest BCUT2D eigenvalue weighted by atomic mass is 35.5. The first-order chi connectivity index (χ1) is 19.6. The van der Waals surface area contributed by atoms with E-state index in [1.807, 2.05) is 0 Å². The molecule has 0 unspecified atom stereocenters. The van der Waals surface area contributed by atoms with E-state index in [1.165, 1.54) is 21.6 Å². The van der Waals surface area contributed by atoms with Gasteiger partial charge in [-0.2, -0.15) is 0 Å². The van der Waals surface area contributed by atoms with Gasteiger partial charge in [0.2, 0.25) is 0 Å². The molecule has 1 fully saturated rings. The van der Waals surface area contributed by atoms with Gasteiger partial charge in [0, 0.05) is 30.7 Å². The maximum Gasteiger partial charge on any atom is 0.407 e. The van der Waals surface area contributed by atoms with Crippen LogP contribution in [0.15, 0.2) is 47.5 Å². The van der Waals surface area contributed by atoms with Crippen molar-refractivity contribution in [1.82, 2.24) is 24.7 Å². The molecule has 41 heavy (non-hydrogen) atoms. The largest absolute Gasteiger partial charge is 0.441 e. The van der Waals surface area contributed by atoms with Crippen LogP contribution in [-0.4, -0.2) is 88.4 Å². The summed E-state index contributed by atoms with van der Waals surface area (Å²) in [6.45, 7) is 2.90. The Kier molecular flexibility index (Phi) is 8.20. The lowest BCUT2D eigenvalue weighted by molar-refractivity contribution is -0.140. The molecule has 2 aliphatic rings. The number of halogens is 1. The van der Waals surface area contributed by atoms with Crippen LogP contribution < -0.4 is 5.32 Å². The molecule has 5 rings (SSSR count). The smallest absolute Gasteiger partial charge is 0.407 e. The zero-order valence-corrected chi connectivity index (χ0v) is 23.9. The Labute approximate surface area is 241 Å². The van der Waals surface area contributed by atoms with Crippen molar-refractivity contribution in [2.75, 3.05) is 25.4 Å². The van der Waals surface area contributed by atoms with E-state index in [0.717, 1.165) is 5.39 Å². The number of sulfone groups is 1. The second kappa shape index (κ2) is 11.7. The van der Waals surface area contributed by atoms with Gasteiger partial charge < -0.3 is 25.0 Å². The second-order valence-corrected chi connectivity index (χ2v) is 12.5. The fraction of sp³-hybridized carbons (Fsp3) is 0.407. The molecule has 0 saturated carbocycles. The second-order valence-electron chi connectivity index (χ2n) is 10.0. The summed E-state index contributed by atoms with van der Waals surface area (Å²) in [7, 11) is -3.95. The molecule has 2 aromatic carbocycles. The number of fused-ring (bicyclic) bond motifs is 2. The number of imidazole rings is 1. The topological polar surface area (TPSA) is 151 Å². The summed E-state index contributed by atoms with van der Waals surface area (Å²) in [5, 5.41) is 15.1. The van der Waals surface area contributed by atoms with E-state index >= 15 is 0 Å². The molecule has 2 N–H and O–H groups in total. The minimum Gasteiger partial charge on any atom is -0.441 e. The Hall–Kier alpha value is -3.68. The molecule has 0 radical (unpaired) electrons. The number of alkyl carbamates (subject to hydrolysis) is 1. The number of hydrogen-bond donors (Lipinski definition) is 2. The number of carbonyl (C=O) groups is 3. The van der Waals surface area contributed by atoms with Crippen molar-refractivity contribution in [3.05, 3.63) is 59.1 Å². The van der Waals surface area contributed by atoms with Crippen LogP contribution in [0, 0.1) is 0 Å². The molecule has 12 nitrogen and oxygen atoms in total. The Morgan fingerprint density at radius 3 is 2.61 bits per heavy atom. The molecule has 3 amide bonds. The van der Waals surface area contributed by atoms with E-state index in [1.54, 1.807) is 42.3 Å². The molecule has 0 spiro atoms. The van der Waals surface area contributed by atoms with Gasteiger partial charge in [0.15, 0.2) is 22.3 Å². The van der Waals surface area contributed by atoms with Crippen LogP contribution in [0.2, 0.25) is 5.02 Å². The van der Waals surface area contributed by atoms with Crippen LogP contribution in [0.3, 0.4) is 0 Å². The Bertz CT molecular complexity index is 1600. The number of aliphatic hydroxyl groups excluding tert-OH is 1. The first-order valence-electron chi connectivity index (χ1n) is 13.2. The normalized spacial score (nSPS) is 16.6. The Balaban J connectivity index is 1.16. The molecule has 2 aliphatic heterocycles. The van der Waals surface area contributed by atoms with E-state index in [4.69, 9.17) is 16.3 Å². The standard InChI is InChI=1S/C27H30ClN5O7S/c1-2-29-26(36)40-15-24-30-13-21-14-32(27(37)33(21)24)20-7-9-31(10-8-20)25(35)23(34)16-41(38,39)22-6-4-17-11-19(28)5-3-18(17)12-22/h3-6,11-13,20,23,34H,2,7-10,14-16H2,1H3,(H,29,36)/t23-/m1/s1. The third-order valence-electron chi connectivity index (χ3n) is 7.34. The van der Waals surface area contributed by atoms with Crippen LogP contribution in [0.4, 0.5) is 9.59 Å². The van der Waals surface area contributed by atoms with E-state index < -0.39 is 33.7 Å². The Morgan fingerprint density at radius 1 is 1.17 bits per heavy atom. The first-order valence-corrected chi connectivity index (χ1v) is 15.3. The monoisotopic (exact) mass is 603 g/mol. The maximum absolute atomic E-state index is 13.2. The highest BCUT2D eigenvalue weighted by Gasteiger charge is 2.38. The van der Waals surface area contributed by atoms with Gasteiger partial charge in [-0.05, 0) is 54.8 Å². The predicted molar refractivity (Wildman–Crippen MR) is 149 cm³/mol. The zero-order valence-electron chi connectivity index (χ0n) is 22.3. The first kappa shape index (κ1) is 28.8. The van der Waals surface area contributed by atoms with E-state index in [9.17, 15) is 27.9 Å². The maximum atomic E-state index is 13.2. The summed E-state index contributed by atoms with van der Waals surface area (Å²) in [6, 6.07) is 9.23. The number of piperidine rings is 1. The summed E-state index contributed by atoms with van der Waals surface area (Å²) in [5.74, 6) is -1.07. The fourth-order valence-corrected chi connectivity index (χ4v) is 6.74.